The van der Waals surface area contributed by atoms with E-state index in [9.17, 15) is 33.9 Å². The fraction of sp³-hybridized carbons (Fsp3) is 0.700. The van der Waals surface area contributed by atoms with Crippen molar-refractivity contribution in [3.05, 3.63) is 0 Å². The lowest BCUT2D eigenvalue weighted by atomic mass is 9.97. The summed E-state index contributed by atoms with van der Waals surface area (Å²) in [6.07, 6.45) is 1.17. The minimum Gasteiger partial charge on any atom is -0.481 e. The Morgan fingerprint density at radius 1 is 0.912 bits per heavy atom. The number of carbonyl (C=O) groups is 6. The van der Waals surface area contributed by atoms with Gasteiger partial charge >= 0.3 is 11.9 Å². The van der Waals surface area contributed by atoms with Gasteiger partial charge < -0.3 is 37.6 Å². The standard InChI is InChI=1S/C20H35N5O8S/c1-4-10(2)16(19(31)24-13(20(32)33)7-8-34-3)25-18(30)12(5-6-15(27)28)23-17(29)11(21)9-14(22)26/h10-13,16H,4-9,21H2,1-3H3,(H2,22,26)(H,23,29)(H,24,31)(H,25,30)(H,27,28)(H,32,33). The summed E-state index contributed by atoms with van der Waals surface area (Å²) in [6.45, 7) is 3.45. The molecule has 0 aliphatic rings. The van der Waals surface area contributed by atoms with Gasteiger partial charge in [-0.05, 0) is 30.8 Å². The summed E-state index contributed by atoms with van der Waals surface area (Å²) in [5.41, 5.74) is 10.6. The van der Waals surface area contributed by atoms with Gasteiger partial charge in [-0.3, -0.25) is 24.0 Å². The van der Waals surface area contributed by atoms with Gasteiger partial charge in [0.05, 0.1) is 12.5 Å². The maximum Gasteiger partial charge on any atom is 0.326 e. The summed E-state index contributed by atoms with van der Waals surface area (Å²) in [7, 11) is 0. The van der Waals surface area contributed by atoms with Gasteiger partial charge in [-0.15, -0.1) is 0 Å². The van der Waals surface area contributed by atoms with E-state index in [1.165, 1.54) is 11.8 Å². The molecule has 0 fully saturated rings. The van der Waals surface area contributed by atoms with E-state index >= 15 is 0 Å². The van der Waals surface area contributed by atoms with Crippen LogP contribution in [0, 0.1) is 5.92 Å². The second-order valence-corrected chi connectivity index (χ2v) is 8.81. The Labute approximate surface area is 202 Å². The summed E-state index contributed by atoms with van der Waals surface area (Å²) in [5.74, 6) is -5.65. The maximum absolute atomic E-state index is 12.9. The third-order valence-electron chi connectivity index (χ3n) is 5.06. The molecule has 0 spiro atoms. The topological polar surface area (TPSA) is 231 Å². The fourth-order valence-electron chi connectivity index (χ4n) is 2.84. The molecule has 0 radical (unpaired) electrons. The van der Waals surface area contributed by atoms with Crippen LogP contribution in [0.3, 0.4) is 0 Å². The summed E-state index contributed by atoms with van der Waals surface area (Å²) in [6, 6.07) is -5.01. The molecule has 0 aromatic carbocycles. The van der Waals surface area contributed by atoms with Crippen LogP contribution in [0.4, 0.5) is 0 Å². The maximum atomic E-state index is 12.9. The molecule has 5 unspecified atom stereocenters. The van der Waals surface area contributed by atoms with Gasteiger partial charge in [0.1, 0.15) is 18.1 Å². The molecule has 0 aromatic heterocycles. The number of hydrogen-bond acceptors (Lipinski definition) is 8. The zero-order valence-electron chi connectivity index (χ0n) is 19.5. The SMILES string of the molecule is CCC(C)C(NC(=O)C(CCC(=O)O)NC(=O)C(N)CC(N)=O)C(=O)NC(CCSC)C(=O)O. The lowest BCUT2D eigenvalue weighted by Crippen LogP contribution is -2.58. The third-order valence-corrected chi connectivity index (χ3v) is 5.70. The normalized spacial score (nSPS) is 15.2. The van der Waals surface area contributed by atoms with Crippen molar-refractivity contribution in [1.29, 1.82) is 0 Å². The number of rotatable bonds is 17. The number of thioether (sulfide) groups is 1. The summed E-state index contributed by atoms with van der Waals surface area (Å²) in [5, 5.41) is 25.5. The highest BCUT2D eigenvalue weighted by Crippen LogP contribution is 2.11. The number of hydrogen-bond donors (Lipinski definition) is 7. The second-order valence-electron chi connectivity index (χ2n) is 7.82. The first kappa shape index (κ1) is 31.1. The first-order valence-electron chi connectivity index (χ1n) is 10.7. The Morgan fingerprint density at radius 3 is 1.97 bits per heavy atom. The van der Waals surface area contributed by atoms with E-state index < -0.39 is 78.5 Å². The first-order chi connectivity index (χ1) is 15.8. The summed E-state index contributed by atoms with van der Waals surface area (Å²) in [4.78, 5) is 71.5. The number of primary amides is 1. The molecule has 13 nitrogen and oxygen atoms in total. The molecule has 5 atom stereocenters. The van der Waals surface area contributed by atoms with Crippen LogP contribution in [0.2, 0.25) is 0 Å². The van der Waals surface area contributed by atoms with E-state index in [4.69, 9.17) is 16.6 Å². The Bertz CT molecular complexity index is 750. The molecule has 0 bridgehead atoms. The van der Waals surface area contributed by atoms with Gasteiger partial charge in [-0.25, -0.2) is 4.79 Å². The zero-order valence-corrected chi connectivity index (χ0v) is 20.4. The van der Waals surface area contributed by atoms with E-state index in [-0.39, 0.29) is 12.8 Å². The molecule has 194 valence electrons. The second kappa shape index (κ2) is 15.9. The molecule has 4 amide bonds. The predicted molar refractivity (Wildman–Crippen MR) is 125 cm³/mol. The zero-order chi connectivity index (χ0) is 26.4. The quantitative estimate of drug-likeness (QED) is 0.119. The van der Waals surface area contributed by atoms with Gasteiger partial charge in [0.15, 0.2) is 0 Å². The Kier molecular flexibility index (Phi) is 14.5. The number of aliphatic carboxylic acids is 2. The monoisotopic (exact) mass is 505 g/mol. The smallest absolute Gasteiger partial charge is 0.326 e. The van der Waals surface area contributed by atoms with Crippen molar-refractivity contribution >= 4 is 47.3 Å². The van der Waals surface area contributed by atoms with Crippen LogP contribution in [0.1, 0.15) is 46.0 Å². The highest BCUT2D eigenvalue weighted by atomic mass is 32.2. The molecule has 0 rings (SSSR count). The van der Waals surface area contributed by atoms with Crippen molar-refractivity contribution in [1.82, 2.24) is 16.0 Å². The molecule has 0 saturated heterocycles. The van der Waals surface area contributed by atoms with E-state index in [1.807, 2.05) is 0 Å². The molecule has 0 aromatic rings. The van der Waals surface area contributed by atoms with Gasteiger partial charge in [-0.1, -0.05) is 20.3 Å². The van der Waals surface area contributed by atoms with Crippen LogP contribution < -0.4 is 27.4 Å². The number of nitrogens with one attached hydrogen (secondary N) is 3. The van der Waals surface area contributed by atoms with Crippen molar-refractivity contribution < 1.29 is 39.0 Å². The van der Waals surface area contributed by atoms with E-state index in [1.54, 1.807) is 20.1 Å². The Hall–Kier alpha value is -2.87. The van der Waals surface area contributed by atoms with Crippen LogP contribution in [0.25, 0.3) is 0 Å². The van der Waals surface area contributed by atoms with Gasteiger partial charge in [0, 0.05) is 6.42 Å². The highest BCUT2D eigenvalue weighted by Gasteiger charge is 2.33. The molecule has 0 heterocycles. The molecular weight excluding hydrogens is 470 g/mol. The fourth-order valence-corrected chi connectivity index (χ4v) is 3.31. The summed E-state index contributed by atoms with van der Waals surface area (Å²) < 4.78 is 0. The predicted octanol–water partition coefficient (Wildman–Crippen LogP) is -1.61. The van der Waals surface area contributed by atoms with E-state index in [0.717, 1.165) is 0 Å². The van der Waals surface area contributed by atoms with E-state index in [2.05, 4.69) is 16.0 Å². The van der Waals surface area contributed by atoms with Crippen molar-refractivity contribution in [3.63, 3.8) is 0 Å². The lowest BCUT2D eigenvalue weighted by Gasteiger charge is -2.28. The number of carbonyl (C=O) groups excluding carboxylic acids is 4. The van der Waals surface area contributed by atoms with Crippen molar-refractivity contribution in [3.8, 4) is 0 Å². The third kappa shape index (κ3) is 11.8. The highest BCUT2D eigenvalue weighted by molar-refractivity contribution is 7.98. The minimum absolute atomic E-state index is 0.179. The number of carboxylic acid groups (broad SMARTS) is 2. The number of amides is 4. The van der Waals surface area contributed by atoms with Crippen molar-refractivity contribution in [2.75, 3.05) is 12.0 Å². The van der Waals surface area contributed by atoms with Crippen LogP contribution in [-0.4, -0.2) is 82.0 Å². The van der Waals surface area contributed by atoms with Gasteiger partial charge in [0.25, 0.3) is 0 Å². The molecule has 14 heteroatoms. The minimum atomic E-state index is -1.37. The summed E-state index contributed by atoms with van der Waals surface area (Å²) >= 11 is 1.42. The van der Waals surface area contributed by atoms with Crippen molar-refractivity contribution in [2.45, 2.75) is 70.1 Å². The molecule has 0 aliphatic carbocycles. The van der Waals surface area contributed by atoms with Gasteiger partial charge in [0.2, 0.25) is 23.6 Å². The molecule has 0 aliphatic heterocycles. The molecule has 0 saturated carbocycles. The average Bonchev–Trinajstić information content (AvgIpc) is 2.75. The lowest BCUT2D eigenvalue weighted by molar-refractivity contribution is -0.142. The number of carboxylic acids is 2. The Morgan fingerprint density at radius 2 is 1.50 bits per heavy atom. The average molecular weight is 506 g/mol. The first-order valence-corrected chi connectivity index (χ1v) is 12.1. The van der Waals surface area contributed by atoms with Crippen LogP contribution >= 0.6 is 11.8 Å². The number of nitrogens with two attached hydrogens (primary N) is 2. The largest absolute Gasteiger partial charge is 0.481 e. The molecule has 34 heavy (non-hydrogen) atoms. The van der Waals surface area contributed by atoms with Crippen molar-refractivity contribution in [2.24, 2.45) is 17.4 Å². The Balaban J connectivity index is 5.59. The molecule has 9 N–H and O–H groups in total. The van der Waals surface area contributed by atoms with Gasteiger partial charge in [-0.2, -0.15) is 11.8 Å². The van der Waals surface area contributed by atoms with Crippen LogP contribution in [0.15, 0.2) is 0 Å². The van der Waals surface area contributed by atoms with Crippen LogP contribution in [0.5, 0.6) is 0 Å². The molecular formula is C20H35N5O8S. The van der Waals surface area contributed by atoms with E-state index in [0.29, 0.717) is 12.2 Å². The van der Waals surface area contributed by atoms with Crippen LogP contribution in [-0.2, 0) is 28.8 Å².